The summed E-state index contributed by atoms with van der Waals surface area (Å²) < 4.78 is 14.3. The number of non-ortho nitro benzene ring substituents is 1. The van der Waals surface area contributed by atoms with Crippen molar-refractivity contribution in [2.24, 2.45) is 11.8 Å². The number of pyridine rings is 1. The van der Waals surface area contributed by atoms with E-state index in [4.69, 9.17) is 0 Å². The van der Waals surface area contributed by atoms with Crippen LogP contribution in [0.5, 0.6) is 0 Å². The maximum Gasteiger partial charge on any atom is 0.281 e. The Hall–Kier alpha value is -2.28. The van der Waals surface area contributed by atoms with Crippen LogP contribution in [0.2, 0.25) is 0 Å². The first-order valence-electron chi connectivity index (χ1n) is 6.85. The highest BCUT2D eigenvalue weighted by Crippen LogP contribution is 2.45. The van der Waals surface area contributed by atoms with Crippen LogP contribution in [0.25, 0.3) is 10.9 Å². The van der Waals surface area contributed by atoms with E-state index in [1.165, 1.54) is 6.20 Å². The fraction of sp³-hybridized carbons (Fsp3) is 0.357. The molecule has 0 bridgehead atoms. The van der Waals surface area contributed by atoms with Crippen molar-refractivity contribution in [2.75, 3.05) is 18.4 Å². The average molecular weight is 288 g/mol. The number of benzene rings is 1. The Morgan fingerprint density at radius 2 is 2.19 bits per heavy atom. The summed E-state index contributed by atoms with van der Waals surface area (Å²) in [5, 5.41) is 17.9. The van der Waals surface area contributed by atoms with E-state index in [0.717, 1.165) is 19.2 Å². The molecule has 2 heterocycles. The number of aromatic nitrogens is 1. The standard InChI is InChI=1S/C14H13FN4O2/c15-10-4-11(19(20)21)7-2-1-3-17-13(7)14(10)18-12-8-5-16-6-9(8)12/h1-4,8-9,12,16,18H,5-6H2. The number of anilines is 1. The van der Waals surface area contributed by atoms with Crippen molar-refractivity contribution < 1.29 is 9.31 Å². The highest BCUT2D eigenvalue weighted by molar-refractivity contribution is 5.97. The third-order valence-corrected chi connectivity index (χ3v) is 4.42. The lowest BCUT2D eigenvalue weighted by Gasteiger charge is -2.12. The fourth-order valence-electron chi connectivity index (χ4n) is 3.28. The van der Waals surface area contributed by atoms with Crippen LogP contribution < -0.4 is 10.6 Å². The van der Waals surface area contributed by atoms with Crippen LogP contribution in [-0.2, 0) is 0 Å². The molecule has 2 aliphatic rings. The molecule has 1 saturated heterocycles. The van der Waals surface area contributed by atoms with Crippen molar-refractivity contribution in [3.8, 4) is 0 Å². The minimum atomic E-state index is -0.620. The summed E-state index contributed by atoms with van der Waals surface area (Å²) in [6.45, 7) is 1.87. The lowest BCUT2D eigenvalue weighted by Crippen LogP contribution is -2.22. The van der Waals surface area contributed by atoms with Crippen LogP contribution in [0, 0.1) is 27.8 Å². The summed E-state index contributed by atoms with van der Waals surface area (Å²) in [4.78, 5) is 14.6. The van der Waals surface area contributed by atoms with Gasteiger partial charge in [-0.2, -0.15) is 0 Å². The number of nitro groups is 1. The number of piperidine rings is 1. The molecule has 0 spiro atoms. The zero-order valence-corrected chi connectivity index (χ0v) is 11.0. The smallest absolute Gasteiger partial charge is 0.281 e. The van der Waals surface area contributed by atoms with E-state index in [0.29, 0.717) is 22.7 Å². The minimum absolute atomic E-state index is 0.229. The molecule has 1 aliphatic carbocycles. The number of nitrogens with one attached hydrogen (secondary N) is 2. The van der Waals surface area contributed by atoms with Crippen LogP contribution >= 0.6 is 0 Å². The second-order valence-corrected chi connectivity index (χ2v) is 5.57. The minimum Gasteiger partial charge on any atom is -0.377 e. The molecule has 1 aromatic carbocycles. The molecule has 4 rings (SSSR count). The zero-order chi connectivity index (χ0) is 14.6. The van der Waals surface area contributed by atoms with E-state index >= 15 is 0 Å². The number of rotatable bonds is 3. The van der Waals surface area contributed by atoms with E-state index in [9.17, 15) is 14.5 Å². The third-order valence-electron chi connectivity index (χ3n) is 4.42. The lowest BCUT2D eigenvalue weighted by molar-refractivity contribution is -0.383. The molecule has 2 aromatic rings. The van der Waals surface area contributed by atoms with Gasteiger partial charge in [-0.15, -0.1) is 0 Å². The summed E-state index contributed by atoms with van der Waals surface area (Å²) in [5.41, 5.74) is 0.344. The monoisotopic (exact) mass is 288 g/mol. The van der Waals surface area contributed by atoms with Crippen molar-refractivity contribution in [1.82, 2.24) is 10.3 Å². The molecule has 2 fully saturated rings. The zero-order valence-electron chi connectivity index (χ0n) is 11.0. The van der Waals surface area contributed by atoms with Gasteiger partial charge >= 0.3 is 0 Å². The van der Waals surface area contributed by atoms with Gasteiger partial charge in [-0.05, 0) is 24.0 Å². The van der Waals surface area contributed by atoms with Crippen molar-refractivity contribution in [1.29, 1.82) is 0 Å². The van der Waals surface area contributed by atoms with Crippen LogP contribution in [0.3, 0.4) is 0 Å². The average Bonchev–Trinajstić information content (AvgIpc) is 2.91. The summed E-state index contributed by atoms with van der Waals surface area (Å²) in [6, 6.07) is 4.42. The fourth-order valence-corrected chi connectivity index (χ4v) is 3.28. The number of fused-ring (bicyclic) bond motifs is 2. The van der Waals surface area contributed by atoms with Gasteiger partial charge < -0.3 is 10.6 Å². The largest absolute Gasteiger partial charge is 0.377 e. The Balaban J connectivity index is 1.80. The normalized spacial score (nSPS) is 26.6. The second kappa shape index (κ2) is 4.36. The van der Waals surface area contributed by atoms with Gasteiger partial charge in [0.2, 0.25) is 0 Å². The van der Waals surface area contributed by atoms with Crippen LogP contribution in [0.4, 0.5) is 15.8 Å². The summed E-state index contributed by atoms with van der Waals surface area (Å²) in [6.07, 6.45) is 1.52. The third kappa shape index (κ3) is 1.84. The van der Waals surface area contributed by atoms with Gasteiger partial charge in [0.1, 0.15) is 5.52 Å². The van der Waals surface area contributed by atoms with E-state index in [1.807, 2.05) is 0 Å². The van der Waals surface area contributed by atoms with Crippen LogP contribution in [-0.4, -0.2) is 29.0 Å². The first-order chi connectivity index (χ1) is 10.2. The number of nitrogens with zero attached hydrogens (tertiary/aromatic N) is 2. The predicted octanol–water partition coefficient (Wildman–Crippen LogP) is 1.91. The second-order valence-electron chi connectivity index (χ2n) is 5.57. The Bertz CT molecular complexity index is 741. The number of hydrogen-bond donors (Lipinski definition) is 2. The van der Waals surface area contributed by atoms with Crippen molar-refractivity contribution in [3.05, 3.63) is 40.3 Å². The predicted molar refractivity (Wildman–Crippen MR) is 75.6 cm³/mol. The molecule has 21 heavy (non-hydrogen) atoms. The summed E-state index contributed by atoms with van der Waals surface area (Å²) in [5.74, 6) is 0.405. The van der Waals surface area contributed by atoms with E-state index in [1.54, 1.807) is 12.1 Å². The molecule has 108 valence electrons. The molecule has 0 radical (unpaired) electrons. The molecule has 2 unspecified atom stereocenters. The molecule has 1 aliphatic heterocycles. The molecule has 7 heteroatoms. The Kier molecular flexibility index (Phi) is 2.58. The van der Waals surface area contributed by atoms with Crippen LogP contribution in [0.15, 0.2) is 24.4 Å². The lowest BCUT2D eigenvalue weighted by atomic mass is 10.1. The maximum absolute atomic E-state index is 14.3. The van der Waals surface area contributed by atoms with E-state index < -0.39 is 10.7 Å². The van der Waals surface area contributed by atoms with Gasteiger partial charge in [-0.1, -0.05) is 0 Å². The summed E-state index contributed by atoms with van der Waals surface area (Å²) in [7, 11) is 0. The Morgan fingerprint density at radius 3 is 2.90 bits per heavy atom. The summed E-state index contributed by atoms with van der Waals surface area (Å²) >= 11 is 0. The van der Waals surface area contributed by atoms with Gasteiger partial charge in [-0.25, -0.2) is 4.39 Å². The van der Waals surface area contributed by atoms with E-state index in [2.05, 4.69) is 15.6 Å². The van der Waals surface area contributed by atoms with Gasteiger partial charge in [0, 0.05) is 25.3 Å². The molecule has 2 atom stereocenters. The highest BCUT2D eigenvalue weighted by Gasteiger charge is 2.53. The first kappa shape index (κ1) is 12.5. The molecule has 1 saturated carbocycles. The molecular weight excluding hydrogens is 275 g/mol. The maximum atomic E-state index is 14.3. The number of nitro benzene ring substituents is 1. The van der Waals surface area contributed by atoms with Gasteiger partial charge in [0.05, 0.1) is 22.1 Å². The molecule has 6 nitrogen and oxygen atoms in total. The SMILES string of the molecule is O=[N+]([O-])c1cc(F)c(NC2C3CNCC32)c2ncccc12. The van der Waals surface area contributed by atoms with Crippen molar-refractivity contribution in [3.63, 3.8) is 0 Å². The Morgan fingerprint density at radius 1 is 1.43 bits per heavy atom. The van der Waals surface area contributed by atoms with Crippen LogP contribution in [0.1, 0.15) is 0 Å². The first-order valence-corrected chi connectivity index (χ1v) is 6.85. The van der Waals surface area contributed by atoms with Crippen molar-refractivity contribution >= 4 is 22.3 Å². The molecule has 2 N–H and O–H groups in total. The quantitative estimate of drug-likeness (QED) is 0.666. The Labute approximate surface area is 119 Å². The molecular formula is C14H13FN4O2. The highest BCUT2D eigenvalue weighted by atomic mass is 19.1. The topological polar surface area (TPSA) is 80.1 Å². The van der Waals surface area contributed by atoms with Crippen molar-refractivity contribution in [2.45, 2.75) is 6.04 Å². The number of halogens is 1. The number of hydrogen-bond acceptors (Lipinski definition) is 5. The van der Waals surface area contributed by atoms with Gasteiger partial charge in [0.15, 0.2) is 5.82 Å². The molecule has 1 aromatic heterocycles. The molecule has 0 amide bonds. The van der Waals surface area contributed by atoms with Gasteiger partial charge in [0.25, 0.3) is 5.69 Å². The van der Waals surface area contributed by atoms with E-state index in [-0.39, 0.29) is 17.4 Å². The van der Waals surface area contributed by atoms with Gasteiger partial charge in [-0.3, -0.25) is 15.1 Å².